The zero-order valence-corrected chi connectivity index (χ0v) is 19.2. The first-order chi connectivity index (χ1) is 16.7. The smallest absolute Gasteiger partial charge is 0.416 e. The number of amides is 1. The van der Waals surface area contributed by atoms with Crippen LogP contribution in [0.1, 0.15) is 12.5 Å². The Bertz CT molecular complexity index is 1230. The molecule has 1 aliphatic rings. The molecule has 184 valence electrons. The van der Waals surface area contributed by atoms with Gasteiger partial charge in [0.1, 0.15) is 12.3 Å². The van der Waals surface area contributed by atoms with Crippen LogP contribution >= 0.6 is 0 Å². The number of carbonyl (C=O) groups excluding carboxylic acids is 1. The minimum Gasteiger partial charge on any atom is -0.494 e. The first kappa shape index (κ1) is 24.3. The SMILES string of the molecule is CCOc1ccc(-c2ccc(=O)n(CC(=O)N3CCN(c4cccc(C(F)(F)F)c4)CC3)n2)cc1. The van der Waals surface area contributed by atoms with Crippen molar-refractivity contribution in [3.8, 4) is 17.0 Å². The van der Waals surface area contributed by atoms with Gasteiger partial charge in [0.2, 0.25) is 5.91 Å². The van der Waals surface area contributed by atoms with E-state index in [4.69, 9.17) is 4.74 Å². The van der Waals surface area contributed by atoms with Crippen LogP contribution in [0.3, 0.4) is 0 Å². The summed E-state index contributed by atoms with van der Waals surface area (Å²) >= 11 is 0. The van der Waals surface area contributed by atoms with Gasteiger partial charge < -0.3 is 14.5 Å². The summed E-state index contributed by atoms with van der Waals surface area (Å²) in [6.45, 7) is 3.69. The Morgan fingerprint density at radius 2 is 1.71 bits per heavy atom. The molecule has 1 fully saturated rings. The first-order valence-corrected chi connectivity index (χ1v) is 11.3. The van der Waals surface area contributed by atoms with Crippen molar-refractivity contribution in [2.45, 2.75) is 19.6 Å². The zero-order chi connectivity index (χ0) is 25.0. The zero-order valence-electron chi connectivity index (χ0n) is 19.2. The highest BCUT2D eigenvalue weighted by Gasteiger charge is 2.31. The summed E-state index contributed by atoms with van der Waals surface area (Å²) in [6.07, 6.45) is -4.41. The lowest BCUT2D eigenvalue weighted by molar-refractivity contribution is -0.137. The molecule has 1 saturated heterocycles. The first-order valence-electron chi connectivity index (χ1n) is 11.3. The maximum atomic E-state index is 13.0. The molecule has 2 aromatic carbocycles. The maximum absolute atomic E-state index is 13.0. The van der Waals surface area contributed by atoms with Crippen LogP contribution in [-0.4, -0.2) is 53.4 Å². The summed E-state index contributed by atoms with van der Waals surface area (Å²) in [6, 6.07) is 15.4. The molecule has 1 amide bonds. The van der Waals surface area contributed by atoms with Crippen molar-refractivity contribution in [3.63, 3.8) is 0 Å². The number of hydrogen-bond acceptors (Lipinski definition) is 5. The van der Waals surface area contributed by atoms with Crippen LogP contribution in [-0.2, 0) is 17.5 Å². The second kappa shape index (κ2) is 10.2. The number of piperazine rings is 1. The van der Waals surface area contributed by atoms with Crippen molar-refractivity contribution >= 4 is 11.6 Å². The van der Waals surface area contributed by atoms with Crippen molar-refractivity contribution < 1.29 is 22.7 Å². The van der Waals surface area contributed by atoms with Crippen LogP contribution in [0.25, 0.3) is 11.3 Å². The molecule has 2 heterocycles. The van der Waals surface area contributed by atoms with Gasteiger partial charge >= 0.3 is 6.18 Å². The van der Waals surface area contributed by atoms with Gasteiger partial charge in [0.05, 0.1) is 17.9 Å². The summed E-state index contributed by atoms with van der Waals surface area (Å²) in [5.74, 6) is 0.455. The molecule has 7 nitrogen and oxygen atoms in total. The molecule has 4 rings (SSSR count). The Labute approximate surface area is 200 Å². The highest BCUT2D eigenvalue weighted by atomic mass is 19.4. The van der Waals surface area contributed by atoms with Gasteiger partial charge in [-0.25, -0.2) is 4.68 Å². The third kappa shape index (κ3) is 5.82. The number of aromatic nitrogens is 2. The number of carbonyl (C=O) groups is 1. The van der Waals surface area contributed by atoms with E-state index in [9.17, 15) is 22.8 Å². The Balaban J connectivity index is 1.40. The summed E-state index contributed by atoms with van der Waals surface area (Å²) in [5.41, 5.74) is 0.703. The predicted molar refractivity (Wildman–Crippen MR) is 125 cm³/mol. The quantitative estimate of drug-likeness (QED) is 0.532. The Kier molecular flexibility index (Phi) is 7.09. The Morgan fingerprint density at radius 1 is 1.00 bits per heavy atom. The number of hydrogen-bond donors (Lipinski definition) is 0. The van der Waals surface area contributed by atoms with Gasteiger partial charge in [0.15, 0.2) is 0 Å². The minimum absolute atomic E-state index is 0.215. The molecular weight excluding hydrogens is 461 g/mol. The molecule has 1 aliphatic heterocycles. The Morgan fingerprint density at radius 3 is 2.37 bits per heavy atom. The fourth-order valence-electron chi connectivity index (χ4n) is 3.93. The van der Waals surface area contributed by atoms with Gasteiger partial charge in [-0.15, -0.1) is 0 Å². The van der Waals surface area contributed by atoms with Crippen molar-refractivity contribution in [2.24, 2.45) is 0 Å². The lowest BCUT2D eigenvalue weighted by atomic mass is 10.1. The fraction of sp³-hybridized carbons (Fsp3) is 0.320. The number of alkyl halides is 3. The van der Waals surface area contributed by atoms with Crippen molar-refractivity contribution in [3.05, 3.63) is 76.6 Å². The summed E-state index contributed by atoms with van der Waals surface area (Å²) < 4.78 is 45.6. The molecule has 10 heteroatoms. The van der Waals surface area contributed by atoms with Crippen LogP contribution in [0.5, 0.6) is 5.75 Å². The molecule has 0 saturated carbocycles. The average molecular weight is 486 g/mol. The minimum atomic E-state index is -4.41. The van der Waals surface area contributed by atoms with Gasteiger partial charge in [0, 0.05) is 43.5 Å². The van der Waals surface area contributed by atoms with Gasteiger partial charge in [-0.3, -0.25) is 9.59 Å². The molecule has 1 aromatic heterocycles. The van der Waals surface area contributed by atoms with Crippen molar-refractivity contribution in [1.82, 2.24) is 14.7 Å². The van der Waals surface area contributed by atoms with E-state index in [-0.39, 0.29) is 12.5 Å². The van der Waals surface area contributed by atoms with E-state index >= 15 is 0 Å². The van der Waals surface area contributed by atoms with E-state index in [1.54, 1.807) is 17.0 Å². The largest absolute Gasteiger partial charge is 0.494 e. The molecule has 0 radical (unpaired) electrons. The molecule has 0 N–H and O–H groups in total. The van der Waals surface area contributed by atoms with Gasteiger partial charge in [0.25, 0.3) is 5.56 Å². The number of nitrogens with zero attached hydrogens (tertiary/aromatic N) is 4. The number of rotatable bonds is 6. The third-order valence-corrected chi connectivity index (χ3v) is 5.78. The van der Waals surface area contributed by atoms with Gasteiger partial charge in [-0.1, -0.05) is 6.07 Å². The molecule has 0 unspecified atom stereocenters. The van der Waals surface area contributed by atoms with Crippen LogP contribution in [0.2, 0.25) is 0 Å². The van der Waals surface area contributed by atoms with Crippen LogP contribution in [0, 0.1) is 0 Å². The van der Waals surface area contributed by atoms with E-state index in [2.05, 4.69) is 5.10 Å². The molecule has 0 aliphatic carbocycles. The van der Waals surface area contributed by atoms with E-state index in [1.807, 2.05) is 36.1 Å². The van der Waals surface area contributed by atoms with Crippen LogP contribution in [0.15, 0.2) is 65.5 Å². The van der Waals surface area contributed by atoms with Gasteiger partial charge in [-0.05, 0) is 55.5 Å². The molecule has 35 heavy (non-hydrogen) atoms. The molecule has 0 atom stereocenters. The summed E-state index contributed by atoms with van der Waals surface area (Å²) in [4.78, 5) is 28.6. The van der Waals surface area contributed by atoms with E-state index in [0.717, 1.165) is 28.1 Å². The van der Waals surface area contributed by atoms with Crippen LogP contribution in [0.4, 0.5) is 18.9 Å². The maximum Gasteiger partial charge on any atom is 0.416 e. The lowest BCUT2D eigenvalue weighted by Gasteiger charge is -2.36. The number of halogens is 3. The predicted octanol–water partition coefficient (Wildman–Crippen LogP) is 3.68. The highest BCUT2D eigenvalue weighted by molar-refractivity contribution is 5.76. The molecule has 0 spiro atoms. The normalized spacial score (nSPS) is 14.2. The standard InChI is InChI=1S/C25H25F3N4O3/c1-2-35-21-8-6-18(7-9-21)22-10-11-23(33)32(29-22)17-24(34)31-14-12-30(13-15-31)20-5-3-4-19(16-20)25(26,27)28/h3-11,16H,2,12-15,17H2,1H3. The number of benzene rings is 2. The second-order valence-electron chi connectivity index (χ2n) is 8.09. The molecule has 0 bridgehead atoms. The summed E-state index contributed by atoms with van der Waals surface area (Å²) in [5, 5.41) is 4.35. The van der Waals surface area contributed by atoms with Gasteiger partial charge in [-0.2, -0.15) is 18.3 Å². The van der Waals surface area contributed by atoms with Crippen molar-refractivity contribution in [2.75, 3.05) is 37.7 Å². The fourth-order valence-corrected chi connectivity index (χ4v) is 3.93. The molecular formula is C25H25F3N4O3. The highest BCUT2D eigenvalue weighted by Crippen LogP contribution is 2.32. The van der Waals surface area contributed by atoms with Crippen molar-refractivity contribution in [1.29, 1.82) is 0 Å². The third-order valence-electron chi connectivity index (χ3n) is 5.78. The second-order valence-corrected chi connectivity index (χ2v) is 8.09. The summed E-state index contributed by atoms with van der Waals surface area (Å²) in [7, 11) is 0. The van der Waals surface area contributed by atoms with Crippen LogP contribution < -0.4 is 15.2 Å². The lowest BCUT2D eigenvalue weighted by Crippen LogP contribution is -2.50. The van der Waals surface area contributed by atoms with E-state index < -0.39 is 17.3 Å². The monoisotopic (exact) mass is 486 g/mol. The molecule has 3 aromatic rings. The van der Waals surface area contributed by atoms with E-state index in [1.165, 1.54) is 12.1 Å². The average Bonchev–Trinajstić information content (AvgIpc) is 2.86. The number of anilines is 1. The Hall–Kier alpha value is -3.82. The number of ether oxygens (including phenoxy) is 1. The topological polar surface area (TPSA) is 67.7 Å². The van der Waals surface area contributed by atoms with E-state index in [0.29, 0.717) is 44.2 Å².